The molecule has 0 spiro atoms. The number of hydrogen-bond donors (Lipinski definition) is 0. The van der Waals surface area contributed by atoms with Crippen LogP contribution in [-0.4, -0.2) is 20.0 Å². The molecule has 8 nitrogen and oxygen atoms in total. The maximum Gasteiger partial charge on any atom is 0.269 e. The largest absolute Gasteiger partial charge is 0.471 e. The van der Waals surface area contributed by atoms with Crippen molar-refractivity contribution in [2.45, 2.75) is 20.5 Å². The van der Waals surface area contributed by atoms with Crippen LogP contribution in [0.25, 0.3) is 11.3 Å². The SMILES string of the molecule is Cc1noc(C)c1COc1nccnc1-c1ccc([N+](=O)[O-])cc1. The summed E-state index contributed by atoms with van der Waals surface area (Å²) in [6, 6.07) is 6.07. The highest BCUT2D eigenvalue weighted by Crippen LogP contribution is 2.28. The Morgan fingerprint density at radius 3 is 2.50 bits per heavy atom. The summed E-state index contributed by atoms with van der Waals surface area (Å²) in [6.07, 6.45) is 3.07. The predicted octanol–water partition coefficient (Wildman–Crippen LogP) is 3.24. The van der Waals surface area contributed by atoms with Crippen LogP contribution in [-0.2, 0) is 6.61 Å². The first-order valence-electron chi connectivity index (χ1n) is 7.16. The van der Waals surface area contributed by atoms with Gasteiger partial charge in [0.2, 0.25) is 5.88 Å². The van der Waals surface area contributed by atoms with Crippen LogP contribution in [0, 0.1) is 24.0 Å². The lowest BCUT2D eigenvalue weighted by molar-refractivity contribution is -0.384. The fraction of sp³-hybridized carbons (Fsp3) is 0.188. The minimum atomic E-state index is -0.449. The van der Waals surface area contributed by atoms with Crippen molar-refractivity contribution < 1.29 is 14.2 Å². The van der Waals surface area contributed by atoms with E-state index in [4.69, 9.17) is 9.26 Å². The number of nitro benzene ring substituents is 1. The molecule has 24 heavy (non-hydrogen) atoms. The summed E-state index contributed by atoms with van der Waals surface area (Å²) in [5, 5.41) is 14.6. The normalized spacial score (nSPS) is 10.6. The molecule has 0 N–H and O–H groups in total. The van der Waals surface area contributed by atoms with Crippen LogP contribution in [0.2, 0.25) is 0 Å². The summed E-state index contributed by atoms with van der Waals surface area (Å²) in [5.41, 5.74) is 2.83. The quantitative estimate of drug-likeness (QED) is 0.523. The Morgan fingerprint density at radius 1 is 1.17 bits per heavy atom. The van der Waals surface area contributed by atoms with Crippen LogP contribution in [0.4, 0.5) is 5.69 Å². The van der Waals surface area contributed by atoms with Gasteiger partial charge in [0.15, 0.2) is 0 Å². The van der Waals surface area contributed by atoms with E-state index in [1.165, 1.54) is 18.3 Å². The second kappa shape index (κ2) is 6.45. The van der Waals surface area contributed by atoms with Gasteiger partial charge in [0.25, 0.3) is 5.69 Å². The third-order valence-electron chi connectivity index (χ3n) is 3.55. The van der Waals surface area contributed by atoms with Crippen LogP contribution in [0.5, 0.6) is 5.88 Å². The number of aromatic nitrogens is 3. The van der Waals surface area contributed by atoms with Crippen molar-refractivity contribution in [3.63, 3.8) is 0 Å². The molecule has 0 radical (unpaired) electrons. The molecule has 2 aromatic heterocycles. The second-order valence-electron chi connectivity index (χ2n) is 5.11. The summed E-state index contributed by atoms with van der Waals surface area (Å²) < 4.78 is 10.9. The van der Waals surface area contributed by atoms with Crippen molar-refractivity contribution in [2.75, 3.05) is 0 Å². The third-order valence-corrected chi connectivity index (χ3v) is 3.55. The number of nitro groups is 1. The molecule has 0 fully saturated rings. The van der Waals surface area contributed by atoms with E-state index in [2.05, 4.69) is 15.1 Å². The van der Waals surface area contributed by atoms with Crippen molar-refractivity contribution in [2.24, 2.45) is 0 Å². The molecular weight excluding hydrogens is 312 g/mol. The standard InChI is InChI=1S/C16H14N4O4/c1-10-14(11(2)24-19-10)9-23-16-15(17-7-8-18-16)12-3-5-13(6-4-12)20(21)22/h3-8H,9H2,1-2H3. The Bertz CT molecular complexity index is 855. The number of nitrogens with zero attached hydrogens (tertiary/aromatic N) is 4. The fourth-order valence-electron chi connectivity index (χ4n) is 2.22. The van der Waals surface area contributed by atoms with Crippen molar-refractivity contribution in [3.05, 3.63) is 63.8 Å². The monoisotopic (exact) mass is 326 g/mol. The summed E-state index contributed by atoms with van der Waals surface area (Å²) >= 11 is 0. The second-order valence-corrected chi connectivity index (χ2v) is 5.11. The maximum absolute atomic E-state index is 10.8. The van der Waals surface area contributed by atoms with Crippen LogP contribution >= 0.6 is 0 Å². The first-order chi connectivity index (χ1) is 11.6. The van der Waals surface area contributed by atoms with Crippen molar-refractivity contribution in [1.82, 2.24) is 15.1 Å². The Morgan fingerprint density at radius 2 is 1.88 bits per heavy atom. The molecule has 0 aliphatic heterocycles. The zero-order chi connectivity index (χ0) is 17.1. The number of ether oxygens (including phenoxy) is 1. The molecule has 122 valence electrons. The van der Waals surface area contributed by atoms with E-state index < -0.39 is 4.92 Å². The van der Waals surface area contributed by atoms with Crippen molar-refractivity contribution in [1.29, 1.82) is 0 Å². The van der Waals surface area contributed by atoms with E-state index in [1.807, 2.05) is 13.8 Å². The number of non-ortho nitro benzene ring substituents is 1. The number of rotatable bonds is 5. The number of aryl methyl sites for hydroxylation is 2. The van der Waals surface area contributed by atoms with Gasteiger partial charge in [-0.2, -0.15) is 0 Å². The molecule has 0 amide bonds. The van der Waals surface area contributed by atoms with E-state index in [0.29, 0.717) is 22.9 Å². The summed E-state index contributed by atoms with van der Waals surface area (Å²) in [4.78, 5) is 18.8. The van der Waals surface area contributed by atoms with E-state index in [-0.39, 0.29) is 12.3 Å². The Hall–Kier alpha value is -3.29. The van der Waals surface area contributed by atoms with Gasteiger partial charge in [0, 0.05) is 30.1 Å². The molecule has 1 aromatic carbocycles. The molecule has 3 aromatic rings. The maximum atomic E-state index is 10.8. The van der Waals surface area contributed by atoms with Crippen LogP contribution in [0.1, 0.15) is 17.0 Å². The Balaban J connectivity index is 1.86. The zero-order valence-electron chi connectivity index (χ0n) is 13.1. The number of hydrogen-bond acceptors (Lipinski definition) is 7. The zero-order valence-corrected chi connectivity index (χ0v) is 13.1. The first kappa shape index (κ1) is 15.6. The minimum absolute atomic E-state index is 0.0147. The Labute approximate surface area is 137 Å². The Kier molecular flexibility index (Phi) is 4.19. The first-order valence-corrected chi connectivity index (χ1v) is 7.16. The van der Waals surface area contributed by atoms with E-state index >= 15 is 0 Å². The molecule has 3 rings (SSSR count). The van der Waals surface area contributed by atoms with Gasteiger partial charge in [0.05, 0.1) is 16.2 Å². The molecule has 8 heteroatoms. The average Bonchev–Trinajstić information content (AvgIpc) is 2.91. The number of benzene rings is 1. The lowest BCUT2D eigenvalue weighted by Gasteiger charge is -2.09. The lowest BCUT2D eigenvalue weighted by Crippen LogP contribution is -2.02. The smallest absolute Gasteiger partial charge is 0.269 e. The topological polar surface area (TPSA) is 104 Å². The van der Waals surface area contributed by atoms with Gasteiger partial charge in [-0.3, -0.25) is 10.1 Å². The molecule has 0 saturated heterocycles. The highest BCUT2D eigenvalue weighted by molar-refractivity contribution is 5.65. The van der Waals surface area contributed by atoms with Gasteiger partial charge in [-0.15, -0.1) is 0 Å². The van der Waals surface area contributed by atoms with Gasteiger partial charge in [-0.1, -0.05) is 5.16 Å². The van der Waals surface area contributed by atoms with Gasteiger partial charge in [0.1, 0.15) is 18.1 Å². The van der Waals surface area contributed by atoms with Crippen LogP contribution < -0.4 is 4.74 Å². The molecular formula is C16H14N4O4. The predicted molar refractivity (Wildman–Crippen MR) is 84.4 cm³/mol. The molecule has 0 bridgehead atoms. The summed E-state index contributed by atoms with van der Waals surface area (Å²) in [7, 11) is 0. The molecule has 0 aliphatic rings. The molecule has 0 aliphatic carbocycles. The van der Waals surface area contributed by atoms with Gasteiger partial charge in [-0.25, -0.2) is 9.97 Å². The van der Waals surface area contributed by atoms with E-state index in [9.17, 15) is 10.1 Å². The average molecular weight is 326 g/mol. The van der Waals surface area contributed by atoms with Crippen LogP contribution in [0.15, 0.2) is 41.2 Å². The molecule has 0 saturated carbocycles. The van der Waals surface area contributed by atoms with E-state index in [1.54, 1.807) is 18.3 Å². The summed E-state index contributed by atoms with van der Waals surface area (Å²) in [5.74, 6) is 1.03. The van der Waals surface area contributed by atoms with Gasteiger partial charge in [-0.05, 0) is 26.0 Å². The highest BCUT2D eigenvalue weighted by Gasteiger charge is 2.14. The third kappa shape index (κ3) is 3.07. The minimum Gasteiger partial charge on any atom is -0.471 e. The molecule has 2 heterocycles. The van der Waals surface area contributed by atoms with Crippen molar-refractivity contribution >= 4 is 5.69 Å². The molecule has 0 atom stereocenters. The molecule has 0 unspecified atom stereocenters. The lowest BCUT2D eigenvalue weighted by atomic mass is 10.1. The van der Waals surface area contributed by atoms with Gasteiger partial charge >= 0.3 is 0 Å². The van der Waals surface area contributed by atoms with Crippen LogP contribution in [0.3, 0.4) is 0 Å². The van der Waals surface area contributed by atoms with E-state index in [0.717, 1.165) is 11.3 Å². The fourth-order valence-corrected chi connectivity index (χ4v) is 2.22. The highest BCUT2D eigenvalue weighted by atomic mass is 16.6. The van der Waals surface area contributed by atoms with Crippen molar-refractivity contribution in [3.8, 4) is 17.1 Å². The van der Waals surface area contributed by atoms with Gasteiger partial charge < -0.3 is 9.26 Å². The summed E-state index contributed by atoms with van der Waals surface area (Å²) in [6.45, 7) is 3.90.